The molecular formula is C20H25ClN2O4. The van der Waals surface area contributed by atoms with Gasteiger partial charge in [-0.05, 0) is 43.5 Å². The number of esters is 1. The maximum absolute atomic E-state index is 12.0. The van der Waals surface area contributed by atoms with Crippen molar-refractivity contribution in [3.05, 3.63) is 58.9 Å². The van der Waals surface area contributed by atoms with Gasteiger partial charge in [0.2, 0.25) is 0 Å². The topological polar surface area (TPSA) is 83.6 Å². The lowest BCUT2D eigenvalue weighted by Crippen LogP contribution is -2.10. The van der Waals surface area contributed by atoms with E-state index in [0.717, 1.165) is 17.5 Å². The van der Waals surface area contributed by atoms with Crippen molar-refractivity contribution in [2.24, 2.45) is 0 Å². The molecule has 7 heteroatoms. The standard InChI is InChI=1S/C20H25ClN2O4/c1-3-26-20(25)19-18(8-9-22-19)23-13-15-6-7-16(21)12-17(15)14(2)27-11-5-4-10-24/h6-9,12,22-24H,2-5,10-11,13H2,1H3. The highest BCUT2D eigenvalue weighted by Gasteiger charge is 2.15. The first kappa shape index (κ1) is 20.9. The van der Waals surface area contributed by atoms with E-state index in [2.05, 4.69) is 16.9 Å². The summed E-state index contributed by atoms with van der Waals surface area (Å²) in [5.74, 6) is 0.116. The number of aromatic amines is 1. The van der Waals surface area contributed by atoms with Crippen LogP contribution in [0, 0.1) is 0 Å². The van der Waals surface area contributed by atoms with Crippen molar-refractivity contribution in [3.8, 4) is 0 Å². The number of hydrogen-bond donors (Lipinski definition) is 3. The van der Waals surface area contributed by atoms with Crippen LogP contribution in [0.25, 0.3) is 5.76 Å². The molecule has 27 heavy (non-hydrogen) atoms. The van der Waals surface area contributed by atoms with E-state index in [4.69, 9.17) is 26.2 Å². The van der Waals surface area contributed by atoms with Crippen LogP contribution in [0.2, 0.25) is 5.02 Å². The lowest BCUT2D eigenvalue weighted by Gasteiger charge is -2.15. The minimum atomic E-state index is -0.405. The number of unbranched alkanes of at least 4 members (excludes halogenated alkanes) is 1. The average Bonchev–Trinajstić information content (AvgIpc) is 3.13. The summed E-state index contributed by atoms with van der Waals surface area (Å²) < 4.78 is 10.7. The van der Waals surface area contributed by atoms with E-state index in [1.54, 1.807) is 31.3 Å². The van der Waals surface area contributed by atoms with Crippen molar-refractivity contribution < 1.29 is 19.4 Å². The first-order valence-electron chi connectivity index (χ1n) is 8.86. The normalized spacial score (nSPS) is 10.5. The summed E-state index contributed by atoms with van der Waals surface area (Å²) in [7, 11) is 0. The number of aliphatic hydroxyl groups excluding tert-OH is 1. The van der Waals surface area contributed by atoms with E-state index in [1.165, 1.54) is 0 Å². The average molecular weight is 393 g/mol. The van der Waals surface area contributed by atoms with Crippen molar-refractivity contribution in [1.29, 1.82) is 0 Å². The van der Waals surface area contributed by atoms with Crippen molar-refractivity contribution in [2.45, 2.75) is 26.3 Å². The number of rotatable bonds is 11. The molecule has 6 nitrogen and oxygen atoms in total. The Hall–Kier alpha value is -2.44. The lowest BCUT2D eigenvalue weighted by atomic mass is 10.1. The Morgan fingerprint density at radius 1 is 1.30 bits per heavy atom. The van der Waals surface area contributed by atoms with Crippen LogP contribution in [0.5, 0.6) is 0 Å². The number of anilines is 1. The van der Waals surface area contributed by atoms with Gasteiger partial charge in [-0.2, -0.15) is 0 Å². The van der Waals surface area contributed by atoms with E-state index in [1.807, 2.05) is 6.07 Å². The molecule has 0 atom stereocenters. The summed E-state index contributed by atoms with van der Waals surface area (Å²) >= 11 is 6.13. The predicted molar refractivity (Wildman–Crippen MR) is 107 cm³/mol. The van der Waals surface area contributed by atoms with E-state index < -0.39 is 5.97 Å². The largest absolute Gasteiger partial charge is 0.494 e. The van der Waals surface area contributed by atoms with Crippen LogP contribution in [0.3, 0.4) is 0 Å². The molecule has 0 bridgehead atoms. The van der Waals surface area contributed by atoms with Crippen molar-refractivity contribution >= 4 is 29.0 Å². The zero-order valence-corrected chi connectivity index (χ0v) is 16.1. The molecule has 0 aliphatic carbocycles. The fourth-order valence-corrected chi connectivity index (χ4v) is 2.70. The number of nitrogens with one attached hydrogen (secondary N) is 2. The number of aromatic nitrogens is 1. The molecule has 146 valence electrons. The van der Waals surface area contributed by atoms with Crippen molar-refractivity contribution in [2.75, 3.05) is 25.1 Å². The quantitative estimate of drug-likeness (QED) is 0.303. The van der Waals surface area contributed by atoms with Crippen LogP contribution in [0.15, 0.2) is 37.0 Å². The predicted octanol–water partition coefficient (Wildman–Crippen LogP) is 4.22. The number of aliphatic hydroxyl groups is 1. The van der Waals surface area contributed by atoms with Gasteiger partial charge < -0.3 is 24.9 Å². The summed E-state index contributed by atoms with van der Waals surface area (Å²) in [5.41, 5.74) is 2.77. The first-order chi connectivity index (χ1) is 13.1. The Kier molecular flexibility index (Phi) is 8.23. The van der Waals surface area contributed by atoms with Crippen LogP contribution in [-0.4, -0.2) is 35.9 Å². The molecule has 3 N–H and O–H groups in total. The zero-order valence-electron chi connectivity index (χ0n) is 15.4. The maximum atomic E-state index is 12.0. The molecule has 2 aromatic rings. The highest BCUT2D eigenvalue weighted by molar-refractivity contribution is 6.30. The number of halogens is 1. The van der Waals surface area contributed by atoms with Crippen LogP contribution >= 0.6 is 11.6 Å². The molecule has 1 heterocycles. The lowest BCUT2D eigenvalue weighted by molar-refractivity contribution is 0.0521. The van der Waals surface area contributed by atoms with Gasteiger partial charge in [-0.15, -0.1) is 0 Å². The summed E-state index contributed by atoms with van der Waals surface area (Å²) in [5, 5.41) is 12.7. The van der Waals surface area contributed by atoms with E-state index in [-0.39, 0.29) is 6.61 Å². The summed E-state index contributed by atoms with van der Waals surface area (Å²) in [6, 6.07) is 7.27. The molecule has 0 fully saturated rings. The van der Waals surface area contributed by atoms with Gasteiger partial charge >= 0.3 is 5.97 Å². The van der Waals surface area contributed by atoms with Crippen LogP contribution in [-0.2, 0) is 16.0 Å². The van der Waals surface area contributed by atoms with Crippen molar-refractivity contribution in [1.82, 2.24) is 4.98 Å². The number of carbonyl (C=O) groups excluding carboxylic acids is 1. The Bertz CT molecular complexity index is 773. The molecule has 1 aromatic heterocycles. The van der Waals surface area contributed by atoms with Gasteiger partial charge in [0, 0.05) is 29.9 Å². The number of H-pyrrole nitrogens is 1. The molecule has 0 radical (unpaired) electrons. The van der Waals surface area contributed by atoms with Crippen LogP contribution < -0.4 is 5.32 Å². The second-order valence-corrected chi connectivity index (χ2v) is 6.28. The second-order valence-electron chi connectivity index (χ2n) is 5.84. The molecule has 0 aliphatic rings. The number of ether oxygens (including phenoxy) is 2. The van der Waals surface area contributed by atoms with Gasteiger partial charge in [-0.3, -0.25) is 0 Å². The molecule has 1 aromatic carbocycles. The molecule has 0 saturated heterocycles. The fraction of sp³-hybridized carbons (Fsp3) is 0.350. The third-order valence-corrected chi connectivity index (χ3v) is 4.13. The third kappa shape index (κ3) is 6.05. The summed E-state index contributed by atoms with van der Waals surface area (Å²) in [6.07, 6.45) is 3.11. The maximum Gasteiger partial charge on any atom is 0.356 e. The molecule has 0 unspecified atom stereocenters. The van der Waals surface area contributed by atoms with Gasteiger partial charge in [0.15, 0.2) is 0 Å². The Morgan fingerprint density at radius 3 is 2.85 bits per heavy atom. The Morgan fingerprint density at radius 2 is 2.11 bits per heavy atom. The third-order valence-electron chi connectivity index (χ3n) is 3.90. The van der Waals surface area contributed by atoms with E-state index in [9.17, 15) is 4.79 Å². The van der Waals surface area contributed by atoms with Gasteiger partial charge in [-0.25, -0.2) is 4.79 Å². The number of benzene rings is 1. The van der Waals surface area contributed by atoms with E-state index in [0.29, 0.717) is 48.3 Å². The molecule has 0 amide bonds. The summed E-state index contributed by atoms with van der Waals surface area (Å²) in [6.45, 7) is 7.13. The molecule has 0 saturated carbocycles. The van der Waals surface area contributed by atoms with Gasteiger partial charge in [0.25, 0.3) is 0 Å². The highest BCUT2D eigenvalue weighted by atomic mass is 35.5. The molecule has 2 rings (SSSR count). The second kappa shape index (κ2) is 10.6. The van der Waals surface area contributed by atoms with Gasteiger partial charge in [0.1, 0.15) is 11.5 Å². The highest BCUT2D eigenvalue weighted by Crippen LogP contribution is 2.25. The minimum Gasteiger partial charge on any atom is -0.494 e. The molecule has 0 spiro atoms. The monoisotopic (exact) mass is 392 g/mol. The fourth-order valence-electron chi connectivity index (χ4n) is 2.53. The van der Waals surface area contributed by atoms with Crippen molar-refractivity contribution in [3.63, 3.8) is 0 Å². The SMILES string of the molecule is C=C(OCCCCO)c1cc(Cl)ccc1CNc1cc[nH]c1C(=O)OCC. The number of carbonyl (C=O) groups is 1. The van der Waals surface area contributed by atoms with Crippen LogP contribution in [0.1, 0.15) is 41.4 Å². The Balaban J connectivity index is 2.08. The van der Waals surface area contributed by atoms with Crippen LogP contribution in [0.4, 0.5) is 5.69 Å². The minimum absolute atomic E-state index is 0.141. The number of hydrogen-bond acceptors (Lipinski definition) is 5. The Labute approximate surface area is 164 Å². The molecule has 0 aliphatic heterocycles. The summed E-state index contributed by atoms with van der Waals surface area (Å²) in [4.78, 5) is 14.9. The first-order valence-corrected chi connectivity index (χ1v) is 9.24. The van der Waals surface area contributed by atoms with E-state index >= 15 is 0 Å². The zero-order chi connectivity index (χ0) is 19.6. The van der Waals surface area contributed by atoms with Gasteiger partial charge in [-0.1, -0.05) is 24.2 Å². The van der Waals surface area contributed by atoms with Gasteiger partial charge in [0.05, 0.1) is 18.9 Å². The molecular weight excluding hydrogens is 368 g/mol. The smallest absolute Gasteiger partial charge is 0.356 e.